The highest BCUT2D eigenvalue weighted by molar-refractivity contribution is 5.97. The zero-order valence-electron chi connectivity index (χ0n) is 18.1. The van der Waals surface area contributed by atoms with E-state index in [2.05, 4.69) is 27.8 Å². The van der Waals surface area contributed by atoms with E-state index in [9.17, 15) is 19.5 Å². The van der Waals surface area contributed by atoms with E-state index in [0.29, 0.717) is 24.3 Å². The lowest BCUT2D eigenvalue weighted by atomic mass is 10.1. The standard InChI is InChI=1S/C23H27N5O5.CH4/c1-15(29)21(23(32)28-33)27-22(31)18-8-4-16(5-9-18)2-3-17-6-10-19(11-7-17)26-20(30)14-25-13-12-24;/h4-11,15,21,25,29,33H,12-14,24H2,1H3,(H,26,30)(H,27,31)(H,28,32);1H4/t15-,21+;/m1./s1. The van der Waals surface area contributed by atoms with Crippen LogP contribution in [0.25, 0.3) is 0 Å². The summed E-state index contributed by atoms with van der Waals surface area (Å²) < 4.78 is 0. The number of amides is 3. The van der Waals surface area contributed by atoms with Crippen molar-refractivity contribution in [1.29, 1.82) is 0 Å². The second-order valence-electron chi connectivity index (χ2n) is 7.09. The molecule has 2 rings (SSSR count). The van der Waals surface area contributed by atoms with Crippen molar-refractivity contribution < 1.29 is 24.7 Å². The molecule has 0 heterocycles. The van der Waals surface area contributed by atoms with Crippen molar-refractivity contribution in [2.24, 2.45) is 5.73 Å². The van der Waals surface area contributed by atoms with E-state index in [1.165, 1.54) is 24.5 Å². The number of nitrogens with two attached hydrogens (primary N) is 1. The second-order valence-corrected chi connectivity index (χ2v) is 7.09. The van der Waals surface area contributed by atoms with Gasteiger partial charge in [-0.1, -0.05) is 19.3 Å². The Hall–Kier alpha value is -3.75. The fraction of sp³-hybridized carbons (Fsp3) is 0.292. The van der Waals surface area contributed by atoms with E-state index in [0.717, 1.165) is 5.56 Å². The van der Waals surface area contributed by atoms with Crippen LogP contribution in [0.3, 0.4) is 0 Å². The highest BCUT2D eigenvalue weighted by atomic mass is 16.5. The predicted molar refractivity (Wildman–Crippen MR) is 129 cm³/mol. The van der Waals surface area contributed by atoms with E-state index < -0.39 is 24.0 Å². The van der Waals surface area contributed by atoms with Crippen LogP contribution in [-0.2, 0) is 9.59 Å². The number of carbonyl (C=O) groups excluding carboxylic acids is 3. The summed E-state index contributed by atoms with van der Waals surface area (Å²) in [6.45, 7) is 2.53. The van der Waals surface area contributed by atoms with Gasteiger partial charge in [-0.25, -0.2) is 5.48 Å². The second kappa shape index (κ2) is 14.4. The summed E-state index contributed by atoms with van der Waals surface area (Å²) in [6.07, 6.45) is -1.20. The molecular weight excluding hydrogens is 438 g/mol. The van der Waals surface area contributed by atoms with Gasteiger partial charge in [0.25, 0.3) is 11.8 Å². The first-order valence-electron chi connectivity index (χ1n) is 10.2. The van der Waals surface area contributed by atoms with Crippen LogP contribution < -0.4 is 27.2 Å². The largest absolute Gasteiger partial charge is 0.391 e. The van der Waals surface area contributed by atoms with Crippen LogP contribution in [-0.4, -0.2) is 59.8 Å². The maximum Gasteiger partial charge on any atom is 0.268 e. The average molecular weight is 470 g/mol. The molecule has 10 nitrogen and oxygen atoms in total. The number of hydrogen-bond acceptors (Lipinski definition) is 7. The molecule has 182 valence electrons. The van der Waals surface area contributed by atoms with Gasteiger partial charge < -0.3 is 26.8 Å². The Morgan fingerprint density at radius 1 is 1.00 bits per heavy atom. The molecule has 3 amide bonds. The first-order valence-corrected chi connectivity index (χ1v) is 10.2. The summed E-state index contributed by atoms with van der Waals surface area (Å²) in [4.78, 5) is 35.6. The molecule has 0 saturated carbocycles. The topological polar surface area (TPSA) is 166 Å². The molecule has 34 heavy (non-hydrogen) atoms. The Labute approximate surface area is 198 Å². The van der Waals surface area contributed by atoms with Gasteiger partial charge in [0.1, 0.15) is 6.04 Å². The lowest BCUT2D eigenvalue weighted by Crippen LogP contribution is -2.51. The molecule has 2 aromatic rings. The number of aliphatic hydroxyl groups excluding tert-OH is 1. The van der Waals surface area contributed by atoms with Crippen molar-refractivity contribution in [3.63, 3.8) is 0 Å². The van der Waals surface area contributed by atoms with Gasteiger partial charge in [0, 0.05) is 35.5 Å². The quantitative estimate of drug-likeness (QED) is 0.119. The van der Waals surface area contributed by atoms with Crippen molar-refractivity contribution in [3.8, 4) is 11.8 Å². The van der Waals surface area contributed by atoms with Gasteiger partial charge in [-0.15, -0.1) is 0 Å². The highest BCUT2D eigenvalue weighted by Gasteiger charge is 2.25. The molecule has 0 aliphatic rings. The lowest BCUT2D eigenvalue weighted by molar-refractivity contribution is -0.133. The predicted octanol–water partition coefficient (Wildman–Crippen LogP) is 0.194. The van der Waals surface area contributed by atoms with E-state index in [4.69, 9.17) is 10.9 Å². The Bertz CT molecular complexity index is 1010. The SMILES string of the molecule is C.C[C@@H](O)[C@H](NC(=O)c1ccc(C#Cc2ccc(NC(=O)CNCCN)cc2)cc1)C(=O)NO. The molecule has 2 aromatic carbocycles. The number of nitrogens with one attached hydrogen (secondary N) is 4. The fourth-order valence-electron chi connectivity index (χ4n) is 2.69. The molecule has 0 unspecified atom stereocenters. The van der Waals surface area contributed by atoms with Crippen LogP contribution in [0.2, 0.25) is 0 Å². The third kappa shape index (κ3) is 9.01. The number of anilines is 1. The average Bonchev–Trinajstić information content (AvgIpc) is 2.81. The number of carbonyl (C=O) groups is 3. The summed E-state index contributed by atoms with van der Waals surface area (Å²) in [5.74, 6) is 4.31. The monoisotopic (exact) mass is 469 g/mol. The van der Waals surface area contributed by atoms with Crippen LogP contribution in [0.1, 0.15) is 35.8 Å². The van der Waals surface area contributed by atoms with Crippen LogP contribution in [0.4, 0.5) is 5.69 Å². The summed E-state index contributed by atoms with van der Waals surface area (Å²) in [5, 5.41) is 26.4. The molecule has 0 aromatic heterocycles. The smallest absolute Gasteiger partial charge is 0.268 e. The van der Waals surface area contributed by atoms with E-state index in [1.807, 2.05) is 0 Å². The molecule has 0 aliphatic heterocycles. The van der Waals surface area contributed by atoms with Crippen LogP contribution in [0.15, 0.2) is 48.5 Å². The maximum absolute atomic E-state index is 12.3. The minimum absolute atomic E-state index is 0. The summed E-state index contributed by atoms with van der Waals surface area (Å²) in [6, 6.07) is 12.1. The summed E-state index contributed by atoms with van der Waals surface area (Å²) in [7, 11) is 0. The number of aliphatic hydroxyl groups is 1. The first-order chi connectivity index (χ1) is 15.8. The van der Waals surface area contributed by atoms with Gasteiger partial charge in [-0.05, 0) is 55.5 Å². The minimum atomic E-state index is -1.29. The molecule has 0 bridgehead atoms. The molecule has 10 heteroatoms. The Balaban J connectivity index is 0.00000578. The van der Waals surface area contributed by atoms with Crippen LogP contribution in [0.5, 0.6) is 0 Å². The zero-order chi connectivity index (χ0) is 24.2. The van der Waals surface area contributed by atoms with Gasteiger partial charge in [0.05, 0.1) is 12.6 Å². The van der Waals surface area contributed by atoms with Crippen molar-refractivity contribution in [2.75, 3.05) is 25.0 Å². The van der Waals surface area contributed by atoms with Gasteiger partial charge in [0.15, 0.2) is 0 Å². The van der Waals surface area contributed by atoms with Crippen LogP contribution >= 0.6 is 0 Å². The highest BCUT2D eigenvalue weighted by Crippen LogP contribution is 2.09. The molecule has 0 saturated heterocycles. The van der Waals surface area contributed by atoms with Crippen molar-refractivity contribution in [1.82, 2.24) is 16.1 Å². The van der Waals surface area contributed by atoms with Gasteiger partial charge in [-0.3, -0.25) is 19.6 Å². The van der Waals surface area contributed by atoms with Crippen molar-refractivity contribution in [2.45, 2.75) is 26.5 Å². The Kier molecular flexibility index (Phi) is 12.0. The molecule has 0 fully saturated rings. The molecular formula is C24H31N5O5. The van der Waals surface area contributed by atoms with Crippen LogP contribution in [0, 0.1) is 11.8 Å². The van der Waals surface area contributed by atoms with Crippen molar-refractivity contribution >= 4 is 23.4 Å². The minimum Gasteiger partial charge on any atom is -0.391 e. The first kappa shape index (κ1) is 28.3. The molecule has 0 aliphatic carbocycles. The Morgan fingerprint density at radius 2 is 1.56 bits per heavy atom. The zero-order valence-corrected chi connectivity index (χ0v) is 18.1. The van der Waals surface area contributed by atoms with E-state index in [1.54, 1.807) is 36.4 Å². The third-order valence-electron chi connectivity index (χ3n) is 4.44. The number of rotatable bonds is 9. The molecule has 8 N–H and O–H groups in total. The molecule has 0 spiro atoms. The van der Waals surface area contributed by atoms with E-state index >= 15 is 0 Å². The molecule has 2 atom stereocenters. The normalized spacial score (nSPS) is 11.6. The number of benzene rings is 2. The van der Waals surface area contributed by atoms with Crippen molar-refractivity contribution in [3.05, 3.63) is 65.2 Å². The van der Waals surface area contributed by atoms with E-state index in [-0.39, 0.29) is 25.4 Å². The third-order valence-corrected chi connectivity index (χ3v) is 4.44. The summed E-state index contributed by atoms with van der Waals surface area (Å²) in [5.41, 5.74) is 9.09. The lowest BCUT2D eigenvalue weighted by Gasteiger charge is -2.19. The fourth-order valence-corrected chi connectivity index (χ4v) is 2.69. The van der Waals surface area contributed by atoms with Gasteiger partial charge >= 0.3 is 0 Å². The Morgan fingerprint density at radius 3 is 2.06 bits per heavy atom. The number of hydrogen-bond donors (Lipinski definition) is 7. The number of hydroxylamine groups is 1. The van der Waals surface area contributed by atoms with Gasteiger partial charge in [-0.2, -0.15) is 0 Å². The van der Waals surface area contributed by atoms with Gasteiger partial charge in [0.2, 0.25) is 5.91 Å². The molecule has 0 radical (unpaired) electrons. The maximum atomic E-state index is 12.3. The summed E-state index contributed by atoms with van der Waals surface area (Å²) >= 11 is 0.